The van der Waals surface area contributed by atoms with E-state index >= 15 is 0 Å². The van der Waals surface area contributed by atoms with Crippen LogP contribution in [0, 0.1) is 0 Å². The van der Waals surface area contributed by atoms with Crippen LogP contribution in [0.25, 0.3) is 0 Å². The number of alkyl halides is 3. The van der Waals surface area contributed by atoms with Gasteiger partial charge < -0.3 is 9.84 Å². The van der Waals surface area contributed by atoms with E-state index in [9.17, 15) is 18.0 Å². The molecule has 0 aromatic heterocycles. The van der Waals surface area contributed by atoms with Gasteiger partial charge in [-0.05, 0) is 24.6 Å². The molecule has 7 heteroatoms. The van der Waals surface area contributed by atoms with Crippen LogP contribution >= 0.6 is 11.8 Å². The van der Waals surface area contributed by atoms with Crippen LogP contribution in [0.1, 0.15) is 22.3 Å². The average Bonchev–Trinajstić information content (AvgIpc) is 2.33. The molecule has 106 valence electrons. The fraction of sp³-hybridized carbons (Fsp3) is 0.417. The predicted molar refractivity (Wildman–Crippen MR) is 65.6 cm³/mol. The number of aromatic carboxylic acids is 1. The van der Waals surface area contributed by atoms with E-state index in [4.69, 9.17) is 9.84 Å². The fourth-order valence-electron chi connectivity index (χ4n) is 1.43. The van der Waals surface area contributed by atoms with Crippen LogP contribution in [0.4, 0.5) is 13.2 Å². The summed E-state index contributed by atoms with van der Waals surface area (Å²) in [5.74, 6) is -0.926. The molecule has 0 saturated heterocycles. The minimum absolute atomic E-state index is 0.501. The highest BCUT2D eigenvalue weighted by Crippen LogP contribution is 2.34. The lowest BCUT2D eigenvalue weighted by atomic mass is 10.1. The normalized spacial score (nSPS) is 11.6. The van der Waals surface area contributed by atoms with Gasteiger partial charge in [0.25, 0.3) is 0 Å². The number of ether oxygens (including phenoxy) is 1. The second-order valence-electron chi connectivity index (χ2n) is 3.71. The summed E-state index contributed by atoms with van der Waals surface area (Å²) in [5.41, 5.74) is -1.84. The van der Waals surface area contributed by atoms with Crippen molar-refractivity contribution < 1.29 is 27.8 Å². The molecular weight excluding hydrogens is 281 g/mol. The lowest BCUT2D eigenvalue weighted by Crippen LogP contribution is -2.12. The van der Waals surface area contributed by atoms with Gasteiger partial charge in [0.1, 0.15) is 0 Å². The standard InChI is InChI=1S/C12H13F3O3S/c1-18-5-2-6-19-8-3-4-10(12(13,14)15)9(7-8)11(16)17/h3-4,7H,2,5-6H2,1H3,(H,16,17). The van der Waals surface area contributed by atoms with Crippen LogP contribution in [0.5, 0.6) is 0 Å². The number of rotatable bonds is 6. The molecule has 0 radical (unpaired) electrons. The van der Waals surface area contributed by atoms with E-state index in [1.807, 2.05) is 0 Å². The van der Waals surface area contributed by atoms with Crippen molar-refractivity contribution in [1.82, 2.24) is 0 Å². The van der Waals surface area contributed by atoms with Crippen molar-refractivity contribution in [3.63, 3.8) is 0 Å². The summed E-state index contributed by atoms with van der Waals surface area (Å²) in [6, 6.07) is 3.15. The first-order valence-corrected chi connectivity index (χ1v) is 6.41. The van der Waals surface area contributed by atoms with Crippen molar-refractivity contribution in [2.75, 3.05) is 19.5 Å². The average molecular weight is 294 g/mol. The Kier molecular flexibility index (Phi) is 5.68. The lowest BCUT2D eigenvalue weighted by Gasteiger charge is -2.11. The van der Waals surface area contributed by atoms with E-state index < -0.39 is 23.3 Å². The predicted octanol–water partition coefficient (Wildman–Crippen LogP) is 3.53. The summed E-state index contributed by atoms with van der Waals surface area (Å²) in [4.78, 5) is 11.4. The minimum atomic E-state index is -4.66. The number of methoxy groups -OCH3 is 1. The van der Waals surface area contributed by atoms with Crippen LogP contribution < -0.4 is 0 Å². The van der Waals surface area contributed by atoms with Gasteiger partial charge >= 0.3 is 12.1 Å². The number of benzene rings is 1. The maximum absolute atomic E-state index is 12.6. The molecule has 0 spiro atoms. The third-order valence-electron chi connectivity index (χ3n) is 2.29. The summed E-state index contributed by atoms with van der Waals surface area (Å²) in [6.07, 6.45) is -3.92. The van der Waals surface area contributed by atoms with E-state index in [1.54, 1.807) is 7.11 Å². The maximum atomic E-state index is 12.6. The Morgan fingerprint density at radius 3 is 2.63 bits per heavy atom. The molecule has 1 aromatic carbocycles. The highest BCUT2D eigenvalue weighted by molar-refractivity contribution is 7.99. The largest absolute Gasteiger partial charge is 0.478 e. The fourth-order valence-corrected chi connectivity index (χ4v) is 2.29. The van der Waals surface area contributed by atoms with Gasteiger partial charge in [-0.1, -0.05) is 0 Å². The van der Waals surface area contributed by atoms with Crippen LogP contribution in [-0.4, -0.2) is 30.5 Å². The highest BCUT2D eigenvalue weighted by Gasteiger charge is 2.35. The van der Waals surface area contributed by atoms with Crippen LogP contribution in [0.2, 0.25) is 0 Å². The number of hydrogen-bond donors (Lipinski definition) is 1. The molecule has 1 aromatic rings. The first kappa shape index (κ1) is 15.8. The van der Waals surface area contributed by atoms with Crippen molar-refractivity contribution in [2.45, 2.75) is 17.5 Å². The van der Waals surface area contributed by atoms with Crippen LogP contribution in [0.3, 0.4) is 0 Å². The molecule has 1 rings (SSSR count). The molecule has 0 fully saturated rings. The molecule has 0 aliphatic heterocycles. The van der Waals surface area contributed by atoms with Gasteiger partial charge in [0, 0.05) is 24.4 Å². The Labute approximate surface area is 112 Å². The van der Waals surface area contributed by atoms with Gasteiger partial charge in [-0.2, -0.15) is 13.2 Å². The topological polar surface area (TPSA) is 46.5 Å². The van der Waals surface area contributed by atoms with Gasteiger partial charge in [-0.3, -0.25) is 0 Å². The molecule has 0 aliphatic carbocycles. The smallest absolute Gasteiger partial charge is 0.417 e. The lowest BCUT2D eigenvalue weighted by molar-refractivity contribution is -0.138. The monoisotopic (exact) mass is 294 g/mol. The van der Waals surface area contributed by atoms with Gasteiger partial charge in [0.15, 0.2) is 0 Å². The zero-order chi connectivity index (χ0) is 14.5. The molecule has 0 amide bonds. The van der Waals surface area contributed by atoms with Gasteiger partial charge in [0.05, 0.1) is 11.1 Å². The summed E-state index contributed by atoms with van der Waals surface area (Å²) in [7, 11) is 1.56. The van der Waals surface area contributed by atoms with Crippen molar-refractivity contribution in [1.29, 1.82) is 0 Å². The van der Waals surface area contributed by atoms with Crippen molar-refractivity contribution in [3.05, 3.63) is 29.3 Å². The summed E-state index contributed by atoms with van der Waals surface area (Å²) >= 11 is 1.30. The van der Waals surface area contributed by atoms with E-state index in [0.29, 0.717) is 17.3 Å². The molecule has 0 bridgehead atoms. The summed E-state index contributed by atoms with van der Waals surface area (Å²) < 4.78 is 42.7. The van der Waals surface area contributed by atoms with Crippen molar-refractivity contribution >= 4 is 17.7 Å². The first-order chi connectivity index (χ1) is 8.86. The zero-order valence-corrected chi connectivity index (χ0v) is 11.0. The Bertz CT molecular complexity index is 446. The number of halogens is 3. The molecule has 19 heavy (non-hydrogen) atoms. The molecular formula is C12H13F3O3S. The van der Waals surface area contributed by atoms with Gasteiger partial charge in [0.2, 0.25) is 0 Å². The highest BCUT2D eigenvalue weighted by atomic mass is 32.2. The molecule has 0 saturated carbocycles. The maximum Gasteiger partial charge on any atom is 0.417 e. The Morgan fingerprint density at radius 1 is 1.42 bits per heavy atom. The van der Waals surface area contributed by atoms with E-state index in [1.165, 1.54) is 17.8 Å². The minimum Gasteiger partial charge on any atom is -0.478 e. The quantitative estimate of drug-likeness (QED) is 0.644. The SMILES string of the molecule is COCCCSc1ccc(C(F)(F)F)c(C(=O)O)c1. The van der Waals surface area contributed by atoms with E-state index in [-0.39, 0.29) is 0 Å². The summed E-state index contributed by atoms with van der Waals surface area (Å²) in [6.45, 7) is 0.555. The van der Waals surface area contributed by atoms with Crippen molar-refractivity contribution in [2.24, 2.45) is 0 Å². The molecule has 0 heterocycles. The third-order valence-corrected chi connectivity index (χ3v) is 3.37. The first-order valence-electron chi connectivity index (χ1n) is 5.42. The van der Waals surface area contributed by atoms with E-state index in [0.717, 1.165) is 18.6 Å². The molecule has 0 atom stereocenters. The Morgan fingerprint density at radius 2 is 2.11 bits per heavy atom. The van der Waals surface area contributed by atoms with Gasteiger partial charge in [-0.25, -0.2) is 4.79 Å². The number of carbonyl (C=O) groups is 1. The zero-order valence-electron chi connectivity index (χ0n) is 10.2. The summed E-state index contributed by atoms with van der Waals surface area (Å²) in [5, 5.41) is 8.83. The van der Waals surface area contributed by atoms with Crippen molar-refractivity contribution in [3.8, 4) is 0 Å². The number of hydrogen-bond acceptors (Lipinski definition) is 3. The molecule has 1 N–H and O–H groups in total. The third kappa shape index (κ3) is 4.76. The Hall–Kier alpha value is -1.21. The van der Waals surface area contributed by atoms with E-state index in [2.05, 4.69) is 0 Å². The molecule has 0 aliphatic rings. The number of carboxylic acid groups (broad SMARTS) is 1. The Balaban J connectivity index is 2.88. The second-order valence-corrected chi connectivity index (χ2v) is 4.87. The molecule has 3 nitrogen and oxygen atoms in total. The van der Waals surface area contributed by atoms with Crippen LogP contribution in [0.15, 0.2) is 23.1 Å². The van der Waals surface area contributed by atoms with Crippen LogP contribution in [-0.2, 0) is 10.9 Å². The number of thioether (sulfide) groups is 1. The second kappa shape index (κ2) is 6.81. The number of carboxylic acids is 1. The van der Waals surface area contributed by atoms with Gasteiger partial charge in [-0.15, -0.1) is 11.8 Å². The molecule has 0 unspecified atom stereocenters.